The van der Waals surface area contributed by atoms with Crippen LogP contribution in [0.4, 0.5) is 14.6 Å². The van der Waals surface area contributed by atoms with E-state index in [0.29, 0.717) is 55.3 Å². The number of amides is 1. The molecule has 0 fully saturated rings. The van der Waals surface area contributed by atoms with Gasteiger partial charge < -0.3 is 15.2 Å². The highest BCUT2D eigenvalue weighted by atomic mass is 19.1. The Balaban J connectivity index is 1.36. The number of nitrogen functional groups attached to an aromatic ring is 1. The van der Waals surface area contributed by atoms with Gasteiger partial charge in [-0.2, -0.15) is 0 Å². The number of hydrogen-bond acceptors (Lipinski definition) is 6. The first-order chi connectivity index (χ1) is 20.1. The fraction of sp³-hybridized carbons (Fsp3) is 0.259. The van der Waals surface area contributed by atoms with Gasteiger partial charge in [-0.15, -0.1) is 10.2 Å². The van der Waals surface area contributed by atoms with Gasteiger partial charge in [-0.3, -0.25) is 9.69 Å². The summed E-state index contributed by atoms with van der Waals surface area (Å²) in [6.45, 7) is -5.29. The SMILES string of the molecule is [2H]C([2H])([2H])N(C(=O)c1cc(F)c(C2=CCN(Cc3cc4c(-c5ccc(N)nn5)ccnc4n3C)CC2)c(F)c1)C([2H])([2H])[2H]. The van der Waals surface area contributed by atoms with Gasteiger partial charge in [0.1, 0.15) is 23.1 Å². The molecule has 0 unspecified atom stereocenters. The Hall–Kier alpha value is -4.18. The summed E-state index contributed by atoms with van der Waals surface area (Å²) in [5.74, 6) is -3.38. The van der Waals surface area contributed by atoms with Crippen molar-refractivity contribution in [2.45, 2.75) is 13.0 Å². The van der Waals surface area contributed by atoms with Gasteiger partial charge in [0, 0.05) is 82.8 Å². The van der Waals surface area contributed by atoms with Gasteiger partial charge in [-0.1, -0.05) is 6.08 Å². The number of hydrogen-bond donors (Lipinski definition) is 1. The number of carbonyl (C=O) groups excluding carboxylic acids is 1. The number of aromatic nitrogens is 4. The number of carbonyl (C=O) groups is 1. The lowest BCUT2D eigenvalue weighted by Crippen LogP contribution is -2.29. The van der Waals surface area contributed by atoms with Crippen molar-refractivity contribution >= 4 is 28.3 Å². The summed E-state index contributed by atoms with van der Waals surface area (Å²) >= 11 is 0. The van der Waals surface area contributed by atoms with Gasteiger partial charge in [0.05, 0.1) is 5.69 Å². The lowest BCUT2D eigenvalue weighted by Gasteiger charge is -2.27. The van der Waals surface area contributed by atoms with Crippen LogP contribution in [0.3, 0.4) is 0 Å². The van der Waals surface area contributed by atoms with Crippen LogP contribution in [0.15, 0.2) is 48.7 Å². The molecule has 0 aliphatic carbocycles. The first-order valence-electron chi connectivity index (χ1n) is 14.4. The minimum Gasteiger partial charge on any atom is -0.382 e. The molecule has 0 saturated heterocycles. The molecule has 0 saturated carbocycles. The molecular formula is C27H27F2N7O. The van der Waals surface area contributed by atoms with Crippen molar-refractivity contribution in [1.82, 2.24) is 29.5 Å². The maximum atomic E-state index is 15.2. The molecule has 1 aliphatic rings. The number of anilines is 1. The van der Waals surface area contributed by atoms with Gasteiger partial charge in [0.2, 0.25) is 0 Å². The molecule has 8 nitrogen and oxygen atoms in total. The molecule has 190 valence electrons. The van der Waals surface area contributed by atoms with Crippen molar-refractivity contribution in [3.05, 3.63) is 77.1 Å². The zero-order chi connectivity index (χ0) is 31.3. The van der Waals surface area contributed by atoms with Gasteiger partial charge in [-0.05, 0) is 48.4 Å². The molecule has 5 rings (SSSR count). The number of halogens is 2. The third-order valence-electron chi connectivity index (χ3n) is 6.48. The van der Waals surface area contributed by atoms with Gasteiger partial charge >= 0.3 is 0 Å². The highest BCUT2D eigenvalue weighted by Crippen LogP contribution is 2.31. The zero-order valence-electron chi connectivity index (χ0n) is 25.9. The highest BCUT2D eigenvalue weighted by Gasteiger charge is 2.23. The Morgan fingerprint density at radius 3 is 2.59 bits per heavy atom. The van der Waals surface area contributed by atoms with Crippen LogP contribution in [-0.2, 0) is 13.6 Å². The summed E-state index contributed by atoms with van der Waals surface area (Å²) in [6, 6.07) is 8.68. The largest absolute Gasteiger partial charge is 0.382 e. The Morgan fingerprint density at radius 2 is 1.95 bits per heavy atom. The lowest BCUT2D eigenvalue weighted by molar-refractivity contribution is 0.0826. The minimum absolute atomic E-state index is 0.298. The summed E-state index contributed by atoms with van der Waals surface area (Å²) in [6.07, 6.45) is 3.69. The standard InChI is InChI=1S/C27H27F2N7O/c1-34(2)27(37)17-12-21(28)25(22(29)13-17)16-7-10-36(11-8-16)15-18-14-20-19(6-9-31-26(20)35(18)3)23-4-5-24(30)33-32-23/h4-7,9,12-14H,8,10-11,15H2,1-3H3,(H2,30,33)/i1D3,2D3. The van der Waals surface area contributed by atoms with Crippen LogP contribution in [0.1, 0.15) is 36.3 Å². The van der Waals surface area contributed by atoms with Gasteiger partial charge in [0.25, 0.3) is 5.91 Å². The third kappa shape index (κ3) is 4.67. The van der Waals surface area contributed by atoms with Crippen LogP contribution in [0.25, 0.3) is 27.9 Å². The van der Waals surface area contributed by atoms with Gasteiger partial charge in [0.15, 0.2) is 0 Å². The molecule has 37 heavy (non-hydrogen) atoms. The predicted molar refractivity (Wildman–Crippen MR) is 138 cm³/mol. The first-order valence-corrected chi connectivity index (χ1v) is 11.4. The lowest BCUT2D eigenvalue weighted by atomic mass is 9.96. The molecule has 4 heterocycles. The predicted octanol–water partition coefficient (Wildman–Crippen LogP) is 3.88. The second-order valence-corrected chi connectivity index (χ2v) is 8.80. The summed E-state index contributed by atoms with van der Waals surface area (Å²) in [5.41, 5.74) is 8.25. The molecule has 4 aromatic rings. The average Bonchev–Trinajstić information content (AvgIpc) is 3.23. The molecule has 2 N–H and O–H groups in total. The monoisotopic (exact) mass is 509 g/mol. The zero-order valence-corrected chi connectivity index (χ0v) is 19.9. The fourth-order valence-electron chi connectivity index (χ4n) is 4.58. The maximum Gasteiger partial charge on any atom is 0.253 e. The van der Waals surface area contributed by atoms with Crippen LogP contribution in [0.5, 0.6) is 0 Å². The van der Waals surface area contributed by atoms with E-state index in [1.165, 1.54) is 0 Å². The Bertz CT molecular complexity index is 1700. The van der Waals surface area contributed by atoms with Crippen molar-refractivity contribution in [2.75, 3.05) is 32.8 Å². The molecule has 1 aliphatic heterocycles. The molecule has 10 heteroatoms. The number of benzene rings is 1. The van der Waals surface area contributed by atoms with E-state index < -0.39 is 37.1 Å². The van der Waals surface area contributed by atoms with E-state index in [4.69, 9.17) is 14.0 Å². The van der Waals surface area contributed by atoms with Crippen LogP contribution in [-0.4, -0.2) is 62.5 Å². The van der Waals surface area contributed by atoms with Crippen LogP contribution < -0.4 is 5.73 Å². The number of rotatable bonds is 5. The molecule has 0 spiro atoms. The highest BCUT2D eigenvalue weighted by molar-refractivity contribution is 5.94. The van der Waals surface area contributed by atoms with Gasteiger partial charge in [-0.25, -0.2) is 13.8 Å². The van der Waals surface area contributed by atoms with E-state index in [1.807, 2.05) is 23.7 Å². The quantitative estimate of drug-likeness (QED) is 0.439. The van der Waals surface area contributed by atoms with Crippen molar-refractivity contribution in [2.24, 2.45) is 7.05 Å². The smallest absolute Gasteiger partial charge is 0.253 e. The number of nitrogens with zero attached hydrogens (tertiary/aromatic N) is 6. The molecule has 0 bridgehead atoms. The molecular weight excluding hydrogens is 476 g/mol. The Morgan fingerprint density at radius 1 is 1.16 bits per heavy atom. The maximum absolute atomic E-state index is 15.2. The molecule has 1 aromatic carbocycles. The van der Waals surface area contributed by atoms with E-state index >= 15 is 8.78 Å². The Labute approximate surface area is 221 Å². The number of pyridine rings is 1. The van der Waals surface area contributed by atoms with Crippen molar-refractivity contribution in [1.29, 1.82) is 0 Å². The number of nitrogens with two attached hydrogens (primary N) is 1. The minimum atomic E-state index is -3.34. The van der Waals surface area contributed by atoms with Crippen molar-refractivity contribution < 1.29 is 21.8 Å². The number of fused-ring (bicyclic) bond motifs is 1. The fourth-order valence-corrected chi connectivity index (χ4v) is 4.58. The van der Waals surface area contributed by atoms with E-state index in [2.05, 4.69) is 20.1 Å². The summed E-state index contributed by atoms with van der Waals surface area (Å²) in [5, 5.41) is 9.02. The normalized spacial score (nSPS) is 17.2. The second-order valence-electron chi connectivity index (χ2n) is 8.80. The van der Waals surface area contributed by atoms with E-state index in [9.17, 15) is 4.79 Å². The summed E-state index contributed by atoms with van der Waals surface area (Å²) in [4.78, 5) is 19.0. The number of aryl methyl sites for hydroxylation is 1. The first kappa shape index (κ1) is 18.1. The van der Waals surface area contributed by atoms with Crippen LogP contribution >= 0.6 is 0 Å². The van der Waals surface area contributed by atoms with Crippen molar-refractivity contribution in [3.63, 3.8) is 0 Å². The van der Waals surface area contributed by atoms with E-state index in [0.717, 1.165) is 22.3 Å². The third-order valence-corrected chi connectivity index (χ3v) is 6.48. The summed E-state index contributed by atoms with van der Waals surface area (Å²) in [7, 11) is 1.90. The topological polar surface area (TPSA) is 93.2 Å². The average molecular weight is 510 g/mol. The van der Waals surface area contributed by atoms with Crippen LogP contribution in [0.2, 0.25) is 0 Å². The Kier molecular flexibility index (Phi) is 4.75. The summed E-state index contributed by atoms with van der Waals surface area (Å²) < 4.78 is 76.7. The second kappa shape index (κ2) is 9.70. The molecule has 1 amide bonds. The van der Waals surface area contributed by atoms with E-state index in [-0.39, 0.29) is 10.5 Å². The van der Waals surface area contributed by atoms with Crippen molar-refractivity contribution in [3.8, 4) is 11.3 Å². The van der Waals surface area contributed by atoms with E-state index in [1.54, 1.807) is 24.4 Å². The molecule has 3 aromatic heterocycles. The molecule has 0 radical (unpaired) electrons. The van der Waals surface area contributed by atoms with Crippen LogP contribution in [0, 0.1) is 11.6 Å². The molecule has 0 atom stereocenters.